The Kier molecular flexibility index (Phi) is 5.64. The van der Waals surface area contributed by atoms with Crippen LogP contribution >= 0.6 is 0 Å². The lowest BCUT2D eigenvalue weighted by Gasteiger charge is -2.14. The summed E-state index contributed by atoms with van der Waals surface area (Å²) in [6.45, 7) is 4.62. The summed E-state index contributed by atoms with van der Waals surface area (Å²) in [6, 6.07) is 15.1. The van der Waals surface area contributed by atoms with Crippen molar-refractivity contribution in [1.82, 2.24) is 9.55 Å². The highest BCUT2D eigenvalue weighted by Crippen LogP contribution is 2.33. The van der Waals surface area contributed by atoms with E-state index in [-0.39, 0.29) is 12.2 Å². The summed E-state index contributed by atoms with van der Waals surface area (Å²) in [4.78, 5) is 27.3. The van der Waals surface area contributed by atoms with Crippen molar-refractivity contribution < 1.29 is 14.7 Å². The molecule has 2 amide bonds. The van der Waals surface area contributed by atoms with E-state index in [4.69, 9.17) is 5.73 Å². The average Bonchev–Trinajstić information content (AvgIpc) is 3.08. The third kappa shape index (κ3) is 4.18. The van der Waals surface area contributed by atoms with Gasteiger partial charge in [-0.1, -0.05) is 18.2 Å². The van der Waals surface area contributed by atoms with Gasteiger partial charge in [0.15, 0.2) is 0 Å². The number of carbonyl (C=O) groups is 2. The third-order valence-electron chi connectivity index (χ3n) is 5.45. The Morgan fingerprint density at radius 1 is 1.12 bits per heavy atom. The van der Waals surface area contributed by atoms with E-state index in [0.29, 0.717) is 12.2 Å². The highest BCUT2D eigenvalue weighted by Gasteiger charge is 2.15. The highest BCUT2D eigenvalue weighted by atomic mass is 16.3. The Balaban J connectivity index is 1.73. The number of aromatic hydroxyl groups is 1. The first-order valence-corrected chi connectivity index (χ1v) is 10.2. The smallest absolute Gasteiger partial charge is 0.233 e. The zero-order valence-corrected chi connectivity index (χ0v) is 17.9. The van der Waals surface area contributed by atoms with Gasteiger partial charge in [0.05, 0.1) is 11.2 Å². The fourth-order valence-corrected chi connectivity index (χ4v) is 3.97. The maximum absolute atomic E-state index is 12.1. The van der Waals surface area contributed by atoms with Gasteiger partial charge >= 0.3 is 0 Å². The van der Waals surface area contributed by atoms with E-state index >= 15 is 0 Å². The van der Waals surface area contributed by atoms with Gasteiger partial charge in [-0.15, -0.1) is 0 Å². The first kappa shape index (κ1) is 21.1. The molecule has 7 heteroatoms. The Morgan fingerprint density at radius 3 is 2.66 bits per heavy atom. The minimum atomic E-state index is -0.670. The van der Waals surface area contributed by atoms with Gasteiger partial charge in [-0.2, -0.15) is 0 Å². The second-order valence-electron chi connectivity index (χ2n) is 7.85. The summed E-state index contributed by atoms with van der Waals surface area (Å²) in [5.41, 5.74) is 11.4. The largest absolute Gasteiger partial charge is 0.507 e. The van der Waals surface area contributed by atoms with Crippen molar-refractivity contribution >= 4 is 28.4 Å². The number of hydrogen-bond acceptors (Lipinski definition) is 4. The molecule has 0 aliphatic heterocycles. The fourth-order valence-electron chi connectivity index (χ4n) is 3.97. The number of nitrogens with two attached hydrogens (primary N) is 1. The number of benzene rings is 2. The van der Waals surface area contributed by atoms with E-state index in [2.05, 4.69) is 14.9 Å². The predicted molar refractivity (Wildman–Crippen MR) is 124 cm³/mol. The van der Waals surface area contributed by atoms with Crippen molar-refractivity contribution in [2.45, 2.75) is 26.8 Å². The number of pyridine rings is 1. The van der Waals surface area contributed by atoms with Crippen LogP contribution in [0.15, 0.2) is 60.9 Å². The lowest BCUT2D eigenvalue weighted by molar-refractivity contribution is -0.124. The number of amides is 2. The predicted octanol–water partition coefficient (Wildman–Crippen LogP) is 3.89. The van der Waals surface area contributed by atoms with E-state index in [1.165, 1.54) is 0 Å². The van der Waals surface area contributed by atoms with Crippen LogP contribution in [0, 0.1) is 13.8 Å². The SMILES string of the molecule is Cc1ccc(NC(=O)CC(N)=O)c2cc(C)n(Cc3ccc(O)c(-c4cccnc4)c3)c12. The lowest BCUT2D eigenvalue weighted by atomic mass is 10.0. The molecule has 0 bridgehead atoms. The molecule has 2 heterocycles. The molecule has 0 aliphatic carbocycles. The lowest BCUT2D eigenvalue weighted by Crippen LogP contribution is -2.21. The van der Waals surface area contributed by atoms with Crippen LogP contribution in [-0.4, -0.2) is 26.5 Å². The molecular formula is C25H24N4O3. The number of aromatic nitrogens is 2. The van der Waals surface area contributed by atoms with Crippen LogP contribution in [0.3, 0.4) is 0 Å². The molecule has 2 aromatic heterocycles. The molecule has 0 saturated heterocycles. The number of phenolic OH excluding ortho intramolecular Hbond substituents is 1. The van der Waals surface area contributed by atoms with E-state index < -0.39 is 11.8 Å². The molecule has 0 spiro atoms. The number of phenols is 1. The molecule has 0 aliphatic rings. The molecule has 0 saturated carbocycles. The van der Waals surface area contributed by atoms with Crippen LogP contribution in [0.1, 0.15) is 23.2 Å². The number of primary amides is 1. The van der Waals surface area contributed by atoms with Crippen molar-refractivity contribution in [3.8, 4) is 16.9 Å². The summed E-state index contributed by atoms with van der Waals surface area (Å²) in [5, 5.41) is 14.0. The van der Waals surface area contributed by atoms with Crippen LogP contribution < -0.4 is 11.1 Å². The second-order valence-corrected chi connectivity index (χ2v) is 7.85. The van der Waals surface area contributed by atoms with Gasteiger partial charge in [0, 0.05) is 41.1 Å². The summed E-state index contributed by atoms with van der Waals surface area (Å²) < 4.78 is 2.17. The Bertz CT molecular complexity index is 1330. The van der Waals surface area contributed by atoms with Gasteiger partial charge in [-0.05, 0) is 55.3 Å². The summed E-state index contributed by atoms with van der Waals surface area (Å²) in [7, 11) is 0. The quantitative estimate of drug-likeness (QED) is 0.405. The van der Waals surface area contributed by atoms with E-state index in [0.717, 1.165) is 38.9 Å². The van der Waals surface area contributed by atoms with Crippen LogP contribution in [0.2, 0.25) is 0 Å². The molecule has 0 radical (unpaired) electrons. The number of nitrogens with zero attached hydrogens (tertiary/aromatic N) is 2. The maximum atomic E-state index is 12.1. The molecule has 2 aromatic carbocycles. The monoisotopic (exact) mass is 428 g/mol. The van der Waals surface area contributed by atoms with Gasteiger partial charge in [0.2, 0.25) is 11.8 Å². The van der Waals surface area contributed by atoms with E-state index in [1.807, 2.05) is 56.3 Å². The van der Waals surface area contributed by atoms with Gasteiger partial charge in [0.25, 0.3) is 0 Å². The van der Waals surface area contributed by atoms with Crippen LogP contribution in [0.5, 0.6) is 5.75 Å². The van der Waals surface area contributed by atoms with Gasteiger partial charge in [-0.3, -0.25) is 14.6 Å². The van der Waals surface area contributed by atoms with Gasteiger partial charge in [-0.25, -0.2) is 0 Å². The number of rotatable bonds is 6. The summed E-state index contributed by atoms with van der Waals surface area (Å²) in [5.74, 6) is -0.907. The molecule has 0 fully saturated rings. The van der Waals surface area contributed by atoms with Crippen molar-refractivity contribution in [3.05, 3.63) is 77.7 Å². The Labute approximate surface area is 185 Å². The zero-order valence-electron chi connectivity index (χ0n) is 17.9. The normalized spacial score (nSPS) is 10.9. The fraction of sp³-hybridized carbons (Fsp3) is 0.160. The van der Waals surface area contributed by atoms with Crippen molar-refractivity contribution in [1.29, 1.82) is 0 Å². The van der Waals surface area contributed by atoms with Crippen molar-refractivity contribution in [2.75, 3.05) is 5.32 Å². The van der Waals surface area contributed by atoms with Gasteiger partial charge < -0.3 is 20.7 Å². The number of nitrogens with one attached hydrogen (secondary N) is 1. The van der Waals surface area contributed by atoms with E-state index in [1.54, 1.807) is 18.5 Å². The number of carbonyl (C=O) groups excluding carboxylic acids is 2. The van der Waals surface area contributed by atoms with Crippen LogP contribution in [-0.2, 0) is 16.1 Å². The number of hydrogen-bond donors (Lipinski definition) is 3. The average molecular weight is 428 g/mol. The number of aryl methyl sites for hydroxylation is 2. The van der Waals surface area contributed by atoms with E-state index in [9.17, 15) is 14.7 Å². The molecule has 4 rings (SSSR count). The second kappa shape index (κ2) is 8.55. The van der Waals surface area contributed by atoms with Crippen molar-refractivity contribution in [2.24, 2.45) is 5.73 Å². The molecule has 4 aromatic rings. The number of anilines is 1. The number of fused-ring (bicyclic) bond motifs is 1. The maximum Gasteiger partial charge on any atom is 0.233 e. The molecule has 4 N–H and O–H groups in total. The molecular weight excluding hydrogens is 404 g/mol. The third-order valence-corrected chi connectivity index (χ3v) is 5.45. The topological polar surface area (TPSA) is 110 Å². The minimum absolute atomic E-state index is 0.200. The molecule has 0 atom stereocenters. The molecule has 32 heavy (non-hydrogen) atoms. The van der Waals surface area contributed by atoms with Crippen LogP contribution in [0.25, 0.3) is 22.0 Å². The van der Waals surface area contributed by atoms with Gasteiger partial charge in [0.1, 0.15) is 12.2 Å². The zero-order chi connectivity index (χ0) is 22.8. The van der Waals surface area contributed by atoms with Crippen LogP contribution in [0.4, 0.5) is 5.69 Å². The standard InChI is InChI=1S/C25H24N4O3/c1-15-5-7-21(28-24(32)12-23(26)31)20-10-16(2)29(25(15)20)14-17-6-8-22(30)19(11-17)18-4-3-9-27-13-18/h3-11,13,30H,12,14H2,1-2H3,(H2,26,31)(H,28,32). The summed E-state index contributed by atoms with van der Waals surface area (Å²) >= 11 is 0. The Morgan fingerprint density at radius 2 is 1.94 bits per heavy atom. The first-order chi connectivity index (χ1) is 15.3. The first-order valence-electron chi connectivity index (χ1n) is 10.2. The molecule has 7 nitrogen and oxygen atoms in total. The highest BCUT2D eigenvalue weighted by molar-refractivity contribution is 6.08. The minimum Gasteiger partial charge on any atom is -0.507 e. The van der Waals surface area contributed by atoms with Crippen molar-refractivity contribution in [3.63, 3.8) is 0 Å². The molecule has 0 unspecified atom stereocenters. The molecule has 162 valence electrons. The summed E-state index contributed by atoms with van der Waals surface area (Å²) in [6.07, 6.45) is 3.06. The Hall–Kier alpha value is -4.13.